The molecule has 1 aliphatic heterocycles. The van der Waals surface area contributed by atoms with E-state index in [0.29, 0.717) is 37.8 Å². The van der Waals surface area contributed by atoms with E-state index in [0.717, 1.165) is 72.8 Å². The zero-order valence-corrected chi connectivity index (χ0v) is 35.2. The highest BCUT2D eigenvalue weighted by molar-refractivity contribution is 7.59. The van der Waals surface area contributed by atoms with E-state index in [1.54, 1.807) is 6.08 Å². The van der Waals surface area contributed by atoms with Crippen LogP contribution in [0.15, 0.2) is 49.6 Å². The van der Waals surface area contributed by atoms with Gasteiger partial charge in [0, 0.05) is 56.0 Å². The Labute approximate surface area is 331 Å². The van der Waals surface area contributed by atoms with Crippen molar-refractivity contribution < 1.29 is 23.7 Å². The van der Waals surface area contributed by atoms with Gasteiger partial charge in [-0.05, 0) is 92.7 Å². The first-order valence-electron chi connectivity index (χ1n) is 18.6. The van der Waals surface area contributed by atoms with Crippen LogP contribution in [0.25, 0.3) is 5.65 Å². The molecule has 1 aliphatic carbocycles. The molecule has 0 unspecified atom stereocenters. The normalized spacial score (nSPS) is 16.7. The Morgan fingerprint density at radius 2 is 1.79 bits per heavy atom. The van der Waals surface area contributed by atoms with E-state index in [1.807, 2.05) is 45.2 Å². The molecule has 1 saturated heterocycles. The van der Waals surface area contributed by atoms with Crippen molar-refractivity contribution in [3.8, 4) is 5.75 Å². The molecule has 3 heterocycles. The van der Waals surface area contributed by atoms with Crippen LogP contribution in [-0.4, -0.2) is 75.1 Å². The van der Waals surface area contributed by atoms with Crippen molar-refractivity contribution in [2.75, 3.05) is 31.2 Å². The Hall–Kier alpha value is -3.03. The van der Waals surface area contributed by atoms with Gasteiger partial charge in [0.2, 0.25) is 0 Å². The van der Waals surface area contributed by atoms with Crippen molar-refractivity contribution in [2.24, 2.45) is 0 Å². The second-order valence-corrected chi connectivity index (χ2v) is 15.4. The van der Waals surface area contributed by atoms with Gasteiger partial charge in [-0.1, -0.05) is 24.3 Å². The summed E-state index contributed by atoms with van der Waals surface area (Å²) >= 11 is 0. The number of piperidine rings is 1. The molecule has 0 amide bonds. The van der Waals surface area contributed by atoms with Gasteiger partial charge in [0.05, 0.1) is 41.8 Å². The quantitative estimate of drug-likeness (QED) is 0.1000. The van der Waals surface area contributed by atoms with E-state index in [1.165, 1.54) is 5.56 Å². The zero-order valence-electron chi connectivity index (χ0n) is 33.2. The van der Waals surface area contributed by atoms with Gasteiger partial charge in [-0.15, -0.1) is 13.2 Å². The van der Waals surface area contributed by atoms with E-state index in [4.69, 9.17) is 29.0 Å². The van der Waals surface area contributed by atoms with Crippen molar-refractivity contribution in [3.05, 3.63) is 77.7 Å². The highest BCUT2D eigenvalue weighted by atomic mass is 32.1. The van der Waals surface area contributed by atoms with Crippen molar-refractivity contribution in [2.45, 2.75) is 130 Å². The number of carbonyl (C=O) groups excluding carboxylic acids is 1. The highest BCUT2D eigenvalue weighted by Crippen LogP contribution is 2.39. The number of rotatable bonds is 17. The fourth-order valence-electron chi connectivity index (χ4n) is 6.83. The maximum Gasteiger partial charge on any atom is 0.340 e. The van der Waals surface area contributed by atoms with Crippen LogP contribution in [0.4, 0.5) is 5.82 Å². The third kappa shape index (κ3) is 11.5. The molecule has 53 heavy (non-hydrogen) atoms. The Morgan fingerprint density at radius 1 is 1.09 bits per heavy atom. The van der Waals surface area contributed by atoms with Gasteiger partial charge in [0.25, 0.3) is 0 Å². The van der Waals surface area contributed by atoms with Crippen LogP contribution in [-0.2, 0) is 32.1 Å². The summed E-state index contributed by atoms with van der Waals surface area (Å²) in [5.74, 6) is 1.31. The minimum atomic E-state index is -0.971. The van der Waals surface area contributed by atoms with E-state index in [9.17, 15) is 4.79 Å². The van der Waals surface area contributed by atoms with Crippen LogP contribution in [0.2, 0.25) is 0 Å². The molecule has 0 N–H and O–H groups in total. The predicted octanol–water partition coefficient (Wildman–Crippen LogP) is 8.06. The number of benzene rings is 1. The Bertz CT molecular complexity index is 1690. The second kappa shape index (κ2) is 19.0. The van der Waals surface area contributed by atoms with Crippen LogP contribution in [0.5, 0.6) is 5.75 Å². The number of ether oxygens (including phenoxy) is 4. The summed E-state index contributed by atoms with van der Waals surface area (Å²) in [6, 6.07) is 9.04. The van der Waals surface area contributed by atoms with Crippen LogP contribution in [0.1, 0.15) is 108 Å². The number of fused-ring (bicyclic) bond motifs is 1. The molecule has 0 spiro atoms. The molecular weight excluding hydrogens is 707 g/mol. The number of aryl methyl sites for hydroxylation is 2. The van der Waals surface area contributed by atoms with Gasteiger partial charge in [0.15, 0.2) is 11.8 Å². The minimum Gasteiger partial charge on any atom is -0.490 e. The SMILES string of the molecule is C=CCOC1(C)CCN(c2c([C@H](OC(C)(C)C)C(=O)OCC)c(C)nc3cc(CN(Cc4ccc(C)cc4O[C@@H](C)CC=C)C4CC4)nn23)CC1.S.S. The first-order chi connectivity index (χ1) is 24.2. The lowest BCUT2D eigenvalue weighted by molar-refractivity contribution is -0.166. The molecule has 2 fully saturated rings. The average molecular weight is 770 g/mol. The van der Waals surface area contributed by atoms with Crippen LogP contribution < -0.4 is 9.64 Å². The van der Waals surface area contributed by atoms with Gasteiger partial charge in [-0.25, -0.2) is 9.78 Å². The predicted molar refractivity (Wildman–Crippen MR) is 223 cm³/mol. The molecular formula is C41H63N5O5S2. The van der Waals surface area contributed by atoms with Crippen LogP contribution >= 0.6 is 27.0 Å². The molecule has 0 bridgehead atoms. The van der Waals surface area contributed by atoms with Gasteiger partial charge in [0.1, 0.15) is 11.6 Å². The summed E-state index contributed by atoms with van der Waals surface area (Å²) in [7, 11) is 0. The number of hydrogen-bond donors (Lipinski definition) is 0. The average Bonchev–Trinajstić information content (AvgIpc) is 3.83. The molecule has 5 rings (SSSR count). The van der Waals surface area contributed by atoms with E-state index in [-0.39, 0.29) is 45.3 Å². The highest BCUT2D eigenvalue weighted by Gasteiger charge is 2.39. The Morgan fingerprint density at radius 3 is 2.40 bits per heavy atom. The first kappa shape index (κ1) is 44.4. The summed E-state index contributed by atoms with van der Waals surface area (Å²) in [4.78, 5) is 23.5. The molecule has 2 aliphatic rings. The lowest BCUT2D eigenvalue weighted by Gasteiger charge is -2.41. The molecule has 10 nitrogen and oxygen atoms in total. The number of hydrogen-bond acceptors (Lipinski definition) is 9. The van der Waals surface area contributed by atoms with Crippen molar-refractivity contribution >= 4 is 44.4 Å². The number of nitrogens with zero attached hydrogens (tertiary/aromatic N) is 5. The molecule has 2 aromatic heterocycles. The summed E-state index contributed by atoms with van der Waals surface area (Å²) in [5, 5.41) is 5.24. The van der Waals surface area contributed by atoms with Gasteiger partial charge < -0.3 is 23.8 Å². The standard InChI is InChI=1S/C41H59N5O5.2H2S/c1-11-14-29(5)50-34-24-28(4)15-16-31(34)26-45(33-17-18-33)27-32-25-35-42-30(6)36(37(39(47)48-13-3)51-40(7,8)9)38(46(35)43-32)44-21-19-41(10,20-22-44)49-23-12-2;;/h11-12,15-16,24-25,29,33,37H,1-2,13-14,17-23,26-27H2,3-10H3;2*1H2/t29-,37-;;/m0../s1. The van der Waals surface area contributed by atoms with E-state index >= 15 is 0 Å². The van der Waals surface area contributed by atoms with Gasteiger partial charge in [-0.2, -0.15) is 36.6 Å². The Balaban J connectivity index is 0.00000378. The smallest absolute Gasteiger partial charge is 0.340 e. The third-order valence-electron chi connectivity index (χ3n) is 9.61. The summed E-state index contributed by atoms with van der Waals surface area (Å²) < 4.78 is 26.6. The number of anilines is 1. The fraction of sp³-hybridized carbons (Fsp3) is 0.585. The lowest BCUT2D eigenvalue weighted by Crippen LogP contribution is -2.45. The van der Waals surface area contributed by atoms with Crippen molar-refractivity contribution in [3.63, 3.8) is 0 Å². The fourth-order valence-corrected chi connectivity index (χ4v) is 6.83. The molecule has 1 aromatic carbocycles. The van der Waals surface area contributed by atoms with Gasteiger partial charge in [-0.3, -0.25) is 4.90 Å². The maximum absolute atomic E-state index is 13.6. The largest absolute Gasteiger partial charge is 0.490 e. The molecule has 294 valence electrons. The monoisotopic (exact) mass is 769 g/mol. The zero-order chi connectivity index (χ0) is 36.9. The molecule has 12 heteroatoms. The van der Waals surface area contributed by atoms with Crippen molar-refractivity contribution in [1.82, 2.24) is 19.5 Å². The molecule has 2 atom stereocenters. The number of aromatic nitrogens is 3. The third-order valence-corrected chi connectivity index (χ3v) is 9.61. The Kier molecular flexibility index (Phi) is 15.9. The van der Waals surface area contributed by atoms with Crippen molar-refractivity contribution in [1.29, 1.82) is 0 Å². The minimum absolute atomic E-state index is 0. The summed E-state index contributed by atoms with van der Waals surface area (Å²) in [6.07, 6.45) is 7.48. The number of carbonyl (C=O) groups is 1. The summed E-state index contributed by atoms with van der Waals surface area (Å²) in [6.45, 7) is 27.3. The molecule has 1 saturated carbocycles. The van der Waals surface area contributed by atoms with Crippen LogP contribution in [0, 0.1) is 13.8 Å². The van der Waals surface area contributed by atoms with Gasteiger partial charge >= 0.3 is 5.97 Å². The molecule has 0 radical (unpaired) electrons. The topological polar surface area (TPSA) is 90.7 Å². The van der Waals surface area contributed by atoms with E-state index < -0.39 is 17.7 Å². The molecule has 3 aromatic rings. The number of esters is 1. The maximum atomic E-state index is 13.6. The van der Waals surface area contributed by atoms with E-state index in [2.05, 4.69) is 68.0 Å². The lowest BCUT2D eigenvalue weighted by atomic mass is 9.92. The second-order valence-electron chi connectivity index (χ2n) is 15.4. The van der Waals surface area contributed by atoms with Crippen LogP contribution in [0.3, 0.4) is 0 Å². The summed E-state index contributed by atoms with van der Waals surface area (Å²) in [5.41, 5.74) is 4.52. The first-order valence-corrected chi connectivity index (χ1v) is 18.6.